The van der Waals surface area contributed by atoms with Crippen LogP contribution in [-0.2, 0) is 26.5 Å². The van der Waals surface area contributed by atoms with Crippen LogP contribution in [-0.4, -0.2) is 23.0 Å². The van der Waals surface area contributed by atoms with Crippen LogP contribution in [0.25, 0.3) is 66.6 Å². The summed E-state index contributed by atoms with van der Waals surface area (Å²) in [6.45, 7) is 18.5. The van der Waals surface area contributed by atoms with Gasteiger partial charge in [0, 0.05) is 43.4 Å². The number of pyridine rings is 3. The molecular weight excluding hydrogens is 867 g/mol. The van der Waals surface area contributed by atoms with Crippen LogP contribution >= 0.6 is 0 Å². The number of rotatable bonds is 8. The van der Waals surface area contributed by atoms with E-state index in [-0.39, 0.29) is 20.1 Å². The van der Waals surface area contributed by atoms with Crippen molar-refractivity contribution in [3.63, 3.8) is 0 Å². The Morgan fingerprint density at radius 2 is 1.47 bits per heavy atom. The number of hydrogen-bond acceptors (Lipinski definition) is 4. The molecule has 4 heterocycles. The van der Waals surface area contributed by atoms with E-state index in [9.17, 15) is 0 Å². The van der Waals surface area contributed by atoms with E-state index in [2.05, 4.69) is 161 Å². The molecule has 0 aliphatic heterocycles. The Morgan fingerprint density at radius 1 is 0.691 bits per heavy atom. The molecule has 0 saturated carbocycles. The summed E-state index contributed by atoms with van der Waals surface area (Å²) in [5.41, 5.74) is 10.0. The summed E-state index contributed by atoms with van der Waals surface area (Å²) in [5, 5.41) is 5.91. The van der Waals surface area contributed by atoms with Gasteiger partial charge in [-0.2, -0.15) is 0 Å². The topological polar surface area (TPSA) is 51.8 Å². The van der Waals surface area contributed by atoms with Crippen molar-refractivity contribution in [2.75, 3.05) is 0 Å². The van der Waals surface area contributed by atoms with Gasteiger partial charge in [-0.25, -0.2) is 4.98 Å². The number of aromatic nitrogens is 3. The molecule has 0 aliphatic carbocycles. The van der Waals surface area contributed by atoms with E-state index in [1.165, 1.54) is 27.1 Å². The Morgan fingerprint density at radius 3 is 2.22 bits per heavy atom. The molecule has 281 valence electrons. The molecule has 0 bridgehead atoms. The average Bonchev–Trinajstić information content (AvgIpc) is 3.55. The zero-order chi connectivity index (χ0) is 38.0. The van der Waals surface area contributed by atoms with E-state index in [4.69, 9.17) is 9.40 Å². The minimum absolute atomic E-state index is 0. The van der Waals surface area contributed by atoms with Gasteiger partial charge in [-0.15, -0.1) is 54.1 Å². The molecule has 0 spiro atoms. The van der Waals surface area contributed by atoms with Gasteiger partial charge in [0.2, 0.25) is 5.71 Å². The molecule has 0 aliphatic rings. The van der Waals surface area contributed by atoms with Crippen molar-refractivity contribution >= 4 is 46.1 Å². The van der Waals surface area contributed by atoms with Crippen LogP contribution in [0, 0.1) is 24.0 Å². The second-order valence-corrected chi connectivity index (χ2v) is 21.2. The second-order valence-electron chi connectivity index (χ2n) is 16.1. The zero-order valence-corrected chi connectivity index (χ0v) is 36.5. The van der Waals surface area contributed by atoms with Crippen LogP contribution in [0.1, 0.15) is 51.7 Å². The van der Waals surface area contributed by atoms with Crippen molar-refractivity contribution in [1.29, 1.82) is 0 Å². The smallest absolute Gasteiger partial charge is 0.216 e. The first-order valence-corrected chi connectivity index (χ1v) is 22.6. The van der Waals surface area contributed by atoms with E-state index in [0.717, 1.165) is 56.5 Å². The summed E-state index contributed by atoms with van der Waals surface area (Å²) >= 11 is 0. The fourth-order valence-electron chi connectivity index (χ4n) is 7.14. The molecule has 8 rings (SSSR count). The monoisotopic (exact) mass is 916 g/mol. The first-order valence-electron chi connectivity index (χ1n) is 19.1. The molecular formula is C49H49IrN3OSi-2. The van der Waals surface area contributed by atoms with Crippen molar-refractivity contribution in [1.82, 2.24) is 15.0 Å². The third-order valence-corrected chi connectivity index (χ3v) is 12.4. The minimum Gasteiger partial charge on any atom is -0.486 e. The maximum absolute atomic E-state index is 6.38. The number of benzene rings is 4. The molecule has 1 radical (unpaired) electrons. The zero-order valence-electron chi connectivity index (χ0n) is 33.1. The van der Waals surface area contributed by atoms with Crippen molar-refractivity contribution in [2.45, 2.75) is 66.6 Å². The molecule has 4 aromatic carbocycles. The third kappa shape index (κ3) is 8.73. The fourth-order valence-corrected chi connectivity index (χ4v) is 8.73. The summed E-state index contributed by atoms with van der Waals surface area (Å²) in [6, 6.07) is 44.2. The standard InChI is InChI=1S/C31H25N2O.C18H24NSi.Ir/c1-19(2)20(3)22-16-17-32-29(18-22)27-13-7-12-25-26-14-15-28(33-31(26)34-30(25)27)24-11-6-9-21-8-4-5-10-23(21)24;1-14(2)11-16-12-17(15-9-7-6-8-10-15)19-13-18(16)20(3,4)5;/h4-12,14-20H,1-3H3;6-9,12-14H,11H2,1-5H3;/q2*-1;. The van der Waals surface area contributed by atoms with Crippen LogP contribution in [0.2, 0.25) is 19.6 Å². The molecule has 4 nitrogen and oxygen atoms in total. The van der Waals surface area contributed by atoms with Gasteiger partial charge in [0.25, 0.3) is 0 Å². The molecule has 8 aromatic rings. The van der Waals surface area contributed by atoms with Crippen LogP contribution < -0.4 is 5.19 Å². The summed E-state index contributed by atoms with van der Waals surface area (Å²) in [7, 11) is -1.34. The summed E-state index contributed by atoms with van der Waals surface area (Å²) in [6.07, 6.45) is 5.12. The third-order valence-electron chi connectivity index (χ3n) is 10.3. The van der Waals surface area contributed by atoms with Crippen LogP contribution in [0.3, 0.4) is 0 Å². The van der Waals surface area contributed by atoms with Crippen LogP contribution in [0.4, 0.5) is 0 Å². The van der Waals surface area contributed by atoms with Crippen molar-refractivity contribution < 1.29 is 24.5 Å². The first kappa shape index (κ1) is 39.9. The average molecular weight is 916 g/mol. The Balaban J connectivity index is 0.000000211. The molecule has 0 saturated heterocycles. The van der Waals surface area contributed by atoms with E-state index in [0.29, 0.717) is 23.5 Å². The molecule has 4 aromatic heterocycles. The number of fused-ring (bicyclic) bond motifs is 4. The van der Waals surface area contributed by atoms with E-state index >= 15 is 0 Å². The second kappa shape index (κ2) is 17.0. The minimum atomic E-state index is -1.34. The van der Waals surface area contributed by atoms with Gasteiger partial charge >= 0.3 is 0 Å². The normalized spacial score (nSPS) is 12.2. The summed E-state index contributed by atoms with van der Waals surface area (Å²) < 4.78 is 6.38. The van der Waals surface area contributed by atoms with Gasteiger partial charge in [0.15, 0.2) is 0 Å². The largest absolute Gasteiger partial charge is 0.486 e. The quantitative estimate of drug-likeness (QED) is 0.113. The Hall–Kier alpha value is -4.74. The fraction of sp³-hybridized carbons (Fsp3) is 0.245. The van der Waals surface area contributed by atoms with Gasteiger partial charge in [-0.05, 0) is 69.7 Å². The Labute approximate surface area is 340 Å². The van der Waals surface area contributed by atoms with Gasteiger partial charge in [-0.3, -0.25) is 0 Å². The van der Waals surface area contributed by atoms with E-state index in [1.807, 2.05) is 36.5 Å². The summed E-state index contributed by atoms with van der Waals surface area (Å²) in [5.74, 6) is 1.67. The molecule has 1 unspecified atom stereocenters. The molecule has 55 heavy (non-hydrogen) atoms. The molecule has 0 amide bonds. The number of furan rings is 1. The number of hydrogen-bond donors (Lipinski definition) is 0. The molecule has 1 atom stereocenters. The van der Waals surface area contributed by atoms with Gasteiger partial charge in [0.1, 0.15) is 0 Å². The van der Waals surface area contributed by atoms with E-state index in [1.54, 1.807) is 0 Å². The van der Waals surface area contributed by atoms with Crippen LogP contribution in [0.15, 0.2) is 126 Å². The molecule has 6 heteroatoms. The number of nitrogens with zero attached hydrogens (tertiary/aromatic N) is 3. The SMILES string of the molecule is CC(C)C(C)c1ccnc(-c2[c-]ccc3c2oc2nc(-c4cccc5ccccc45)ccc23)c1.CC(C)Cc1cc(-c2[c-]cccc2)ncc1[Si](C)(C)C.[Ir]. The van der Waals surface area contributed by atoms with E-state index < -0.39 is 8.07 Å². The first-order chi connectivity index (χ1) is 26.0. The Bertz CT molecular complexity index is 2550. The molecule has 0 N–H and O–H groups in total. The van der Waals surface area contributed by atoms with Crippen molar-refractivity contribution in [2.24, 2.45) is 11.8 Å². The van der Waals surface area contributed by atoms with Gasteiger partial charge in [-0.1, -0.05) is 131 Å². The maximum atomic E-state index is 6.38. The van der Waals surface area contributed by atoms with Crippen molar-refractivity contribution in [3.05, 3.63) is 145 Å². The Kier molecular flexibility index (Phi) is 12.3. The van der Waals surface area contributed by atoms with Gasteiger partial charge in [0.05, 0.1) is 19.4 Å². The predicted molar refractivity (Wildman–Crippen MR) is 230 cm³/mol. The van der Waals surface area contributed by atoms with Crippen molar-refractivity contribution in [3.8, 4) is 33.8 Å². The molecule has 0 fully saturated rings. The predicted octanol–water partition coefficient (Wildman–Crippen LogP) is 12.7. The van der Waals surface area contributed by atoms with Crippen LogP contribution in [0.5, 0.6) is 0 Å². The maximum Gasteiger partial charge on any atom is 0.216 e. The van der Waals surface area contributed by atoms with Gasteiger partial charge < -0.3 is 14.4 Å². The summed E-state index contributed by atoms with van der Waals surface area (Å²) in [4.78, 5) is 14.3.